The van der Waals surface area contributed by atoms with Gasteiger partial charge in [-0.1, -0.05) is 35.0 Å². The molecule has 0 saturated heterocycles. The molecule has 176 valence electrons. The van der Waals surface area contributed by atoms with E-state index in [1.807, 2.05) is 12.1 Å². The van der Waals surface area contributed by atoms with Crippen LogP contribution in [-0.2, 0) is 16.2 Å². The lowest BCUT2D eigenvalue weighted by atomic mass is 10.2. The number of benzene rings is 3. The molecule has 0 heterocycles. The zero-order valence-corrected chi connectivity index (χ0v) is 19.5. The zero-order valence-electron chi connectivity index (χ0n) is 18.7. The molecule has 8 nitrogen and oxygen atoms in total. The van der Waals surface area contributed by atoms with Crippen molar-refractivity contribution >= 4 is 35.3 Å². The highest BCUT2D eigenvalue weighted by Crippen LogP contribution is 2.28. The van der Waals surface area contributed by atoms with Crippen LogP contribution in [0, 0.1) is 0 Å². The van der Waals surface area contributed by atoms with Crippen molar-refractivity contribution in [3.63, 3.8) is 0 Å². The smallest absolute Gasteiger partial charge is 0.265 e. The van der Waals surface area contributed by atoms with Crippen molar-refractivity contribution in [3.8, 4) is 11.5 Å². The molecular weight excluding hydrogens is 458 g/mol. The molecule has 0 aliphatic heterocycles. The van der Waals surface area contributed by atoms with Crippen LogP contribution in [-0.4, -0.2) is 38.8 Å². The van der Waals surface area contributed by atoms with Crippen molar-refractivity contribution in [2.45, 2.75) is 6.61 Å². The molecule has 0 spiro atoms. The molecule has 0 atom stereocenters. The maximum Gasteiger partial charge on any atom is 0.265 e. The van der Waals surface area contributed by atoms with Gasteiger partial charge < -0.3 is 24.9 Å². The highest BCUT2D eigenvalue weighted by atomic mass is 35.5. The van der Waals surface area contributed by atoms with Gasteiger partial charge in [0.1, 0.15) is 6.61 Å². The van der Waals surface area contributed by atoms with Gasteiger partial charge in [-0.2, -0.15) is 0 Å². The Balaban J connectivity index is 1.50. The third-order valence-corrected chi connectivity index (χ3v) is 4.85. The Morgan fingerprint density at radius 3 is 2.56 bits per heavy atom. The maximum atomic E-state index is 12.1. The van der Waals surface area contributed by atoms with E-state index >= 15 is 0 Å². The summed E-state index contributed by atoms with van der Waals surface area (Å²) in [5, 5.41) is 9.68. The van der Waals surface area contributed by atoms with Crippen LogP contribution in [0.3, 0.4) is 0 Å². The summed E-state index contributed by atoms with van der Waals surface area (Å²) < 4.78 is 11.2. The molecule has 34 heavy (non-hydrogen) atoms. The number of nitrogens with zero attached hydrogens (tertiary/aromatic N) is 1. The number of oxime groups is 1. The number of carbonyl (C=O) groups is 2. The number of anilines is 1. The number of amides is 2. The lowest BCUT2D eigenvalue weighted by molar-refractivity contribution is -0.120. The van der Waals surface area contributed by atoms with E-state index in [9.17, 15) is 9.59 Å². The minimum Gasteiger partial charge on any atom is -0.493 e. The van der Waals surface area contributed by atoms with E-state index in [1.165, 1.54) is 13.3 Å². The molecule has 3 rings (SSSR count). The quantitative estimate of drug-likeness (QED) is 0.333. The van der Waals surface area contributed by atoms with Crippen LogP contribution in [0.5, 0.6) is 11.5 Å². The van der Waals surface area contributed by atoms with Crippen LogP contribution in [0.1, 0.15) is 21.5 Å². The van der Waals surface area contributed by atoms with Gasteiger partial charge in [-0.3, -0.25) is 9.59 Å². The summed E-state index contributed by atoms with van der Waals surface area (Å²) in [5.74, 6) is 0.462. The van der Waals surface area contributed by atoms with Crippen molar-refractivity contribution in [2.75, 3.05) is 26.1 Å². The van der Waals surface area contributed by atoms with Gasteiger partial charge in [0.25, 0.3) is 11.8 Å². The molecule has 0 aliphatic rings. The van der Waals surface area contributed by atoms with Crippen molar-refractivity contribution in [1.29, 1.82) is 0 Å². The second-order valence-electron chi connectivity index (χ2n) is 7.04. The number of hydrogen-bond acceptors (Lipinski definition) is 6. The average molecular weight is 482 g/mol. The SMILES string of the molecule is CNC(=O)c1cccc(NC(=O)CO/N=C/c2ccc(OCc3ccc(Cl)cc3)c(OC)c2)c1. The van der Waals surface area contributed by atoms with Crippen molar-refractivity contribution in [1.82, 2.24) is 5.32 Å². The van der Waals surface area contributed by atoms with Crippen molar-refractivity contribution in [2.24, 2.45) is 5.16 Å². The summed E-state index contributed by atoms with van der Waals surface area (Å²) in [6.07, 6.45) is 1.46. The van der Waals surface area contributed by atoms with Gasteiger partial charge >= 0.3 is 0 Å². The minimum atomic E-state index is -0.408. The molecule has 0 saturated carbocycles. The van der Waals surface area contributed by atoms with E-state index in [1.54, 1.807) is 61.7 Å². The number of nitrogens with one attached hydrogen (secondary N) is 2. The first-order valence-electron chi connectivity index (χ1n) is 10.3. The third kappa shape index (κ3) is 7.25. The molecule has 3 aromatic rings. The molecule has 0 bridgehead atoms. The van der Waals surface area contributed by atoms with Crippen LogP contribution < -0.4 is 20.1 Å². The number of hydrogen-bond donors (Lipinski definition) is 2. The predicted molar refractivity (Wildman–Crippen MR) is 131 cm³/mol. The summed E-state index contributed by atoms with van der Waals surface area (Å²) in [5.41, 5.74) is 2.60. The summed E-state index contributed by atoms with van der Waals surface area (Å²) in [7, 11) is 3.09. The Morgan fingerprint density at radius 1 is 1.03 bits per heavy atom. The van der Waals surface area contributed by atoms with Crippen molar-refractivity contribution in [3.05, 3.63) is 88.4 Å². The zero-order chi connectivity index (χ0) is 24.3. The molecule has 0 unspecified atom stereocenters. The van der Waals surface area contributed by atoms with Crippen LogP contribution in [0.4, 0.5) is 5.69 Å². The van der Waals surface area contributed by atoms with Gasteiger partial charge in [0.05, 0.1) is 13.3 Å². The van der Waals surface area contributed by atoms with E-state index in [4.69, 9.17) is 25.9 Å². The Bertz CT molecular complexity index is 1170. The van der Waals surface area contributed by atoms with Crippen LogP contribution in [0.25, 0.3) is 0 Å². The number of ether oxygens (including phenoxy) is 2. The fraction of sp³-hybridized carbons (Fsp3) is 0.160. The molecule has 0 aliphatic carbocycles. The largest absolute Gasteiger partial charge is 0.493 e. The van der Waals surface area contributed by atoms with E-state index in [-0.39, 0.29) is 12.5 Å². The van der Waals surface area contributed by atoms with E-state index in [2.05, 4.69) is 15.8 Å². The topological polar surface area (TPSA) is 98.3 Å². The number of carbonyl (C=O) groups excluding carboxylic acids is 2. The van der Waals surface area contributed by atoms with Gasteiger partial charge in [-0.15, -0.1) is 0 Å². The Kier molecular flexibility index (Phi) is 8.88. The normalized spacial score (nSPS) is 10.6. The van der Waals surface area contributed by atoms with E-state index in [0.717, 1.165) is 5.56 Å². The third-order valence-electron chi connectivity index (χ3n) is 4.60. The van der Waals surface area contributed by atoms with Crippen LogP contribution in [0.2, 0.25) is 5.02 Å². The Labute approximate surface area is 202 Å². The Hall–Kier alpha value is -4.04. The van der Waals surface area contributed by atoms with Gasteiger partial charge in [-0.25, -0.2) is 0 Å². The van der Waals surface area contributed by atoms with Gasteiger partial charge in [0.15, 0.2) is 18.1 Å². The first kappa shape index (κ1) is 24.6. The highest BCUT2D eigenvalue weighted by molar-refractivity contribution is 6.30. The number of rotatable bonds is 10. The monoisotopic (exact) mass is 481 g/mol. The highest BCUT2D eigenvalue weighted by Gasteiger charge is 2.08. The van der Waals surface area contributed by atoms with E-state index in [0.29, 0.717) is 39.9 Å². The molecule has 9 heteroatoms. The summed E-state index contributed by atoms with van der Waals surface area (Å²) in [6, 6.07) is 19.3. The van der Waals surface area contributed by atoms with Crippen LogP contribution >= 0.6 is 11.6 Å². The molecule has 0 fully saturated rings. The second-order valence-corrected chi connectivity index (χ2v) is 7.48. The molecule has 0 radical (unpaired) electrons. The maximum absolute atomic E-state index is 12.1. The molecular formula is C25H24ClN3O5. The molecule has 0 aromatic heterocycles. The molecule has 2 N–H and O–H groups in total. The second kappa shape index (κ2) is 12.3. The summed E-state index contributed by atoms with van der Waals surface area (Å²) in [6.45, 7) is 0.0747. The molecule has 2 amide bonds. The van der Waals surface area contributed by atoms with Gasteiger partial charge in [-0.05, 0) is 54.1 Å². The van der Waals surface area contributed by atoms with E-state index < -0.39 is 5.91 Å². The predicted octanol–water partition coefficient (Wildman–Crippen LogP) is 4.28. The lowest BCUT2D eigenvalue weighted by Gasteiger charge is -2.11. The standard InChI is InChI=1S/C25H24ClN3O5/c1-27-25(31)19-4-3-5-21(13-19)29-24(30)16-34-28-14-18-8-11-22(23(12-18)32-2)33-15-17-6-9-20(26)10-7-17/h3-14H,15-16H2,1-2H3,(H,27,31)(H,29,30)/b28-14+. The van der Waals surface area contributed by atoms with Crippen LogP contribution in [0.15, 0.2) is 71.9 Å². The minimum absolute atomic E-state index is 0.242. The first-order chi connectivity index (χ1) is 16.5. The average Bonchev–Trinajstić information content (AvgIpc) is 2.86. The van der Waals surface area contributed by atoms with Gasteiger partial charge in [0, 0.05) is 28.9 Å². The number of halogens is 1. The van der Waals surface area contributed by atoms with Gasteiger partial charge in [0.2, 0.25) is 0 Å². The molecule has 3 aromatic carbocycles. The van der Waals surface area contributed by atoms with Crippen molar-refractivity contribution < 1.29 is 23.9 Å². The fourth-order valence-corrected chi connectivity index (χ4v) is 3.03. The first-order valence-corrected chi connectivity index (χ1v) is 10.7. The summed E-state index contributed by atoms with van der Waals surface area (Å²) in [4.78, 5) is 28.8. The lowest BCUT2D eigenvalue weighted by Crippen LogP contribution is -2.19. The number of methoxy groups -OCH3 is 1. The fourth-order valence-electron chi connectivity index (χ4n) is 2.90. The Morgan fingerprint density at radius 2 is 1.82 bits per heavy atom. The summed E-state index contributed by atoms with van der Waals surface area (Å²) >= 11 is 5.90.